The highest BCUT2D eigenvalue weighted by Gasteiger charge is 2.10. The number of ether oxygens (including phenoxy) is 2. The number of hydrogen-bond donors (Lipinski definition) is 1. The van der Waals surface area contributed by atoms with Gasteiger partial charge in [0.25, 0.3) is 0 Å². The first kappa shape index (κ1) is 12.8. The first-order valence-corrected chi connectivity index (χ1v) is 5.05. The van der Waals surface area contributed by atoms with E-state index in [0.717, 1.165) is 5.56 Å². The van der Waals surface area contributed by atoms with Crippen LogP contribution in [0.15, 0.2) is 23.4 Å². The minimum absolute atomic E-state index is 0.475. The third kappa shape index (κ3) is 3.11. The van der Waals surface area contributed by atoms with Crippen LogP contribution < -0.4 is 9.47 Å². The fraction of sp³-hybridized carbons (Fsp3) is 0.333. The Morgan fingerprint density at radius 3 is 2.71 bits per heavy atom. The van der Waals surface area contributed by atoms with Gasteiger partial charge in [-0.2, -0.15) is 5.26 Å². The van der Waals surface area contributed by atoms with Gasteiger partial charge in [-0.25, -0.2) is 0 Å². The quantitative estimate of drug-likeness (QED) is 0.492. The van der Waals surface area contributed by atoms with Crippen LogP contribution in [0.2, 0.25) is 0 Å². The van der Waals surface area contributed by atoms with Crippen molar-refractivity contribution in [2.24, 2.45) is 5.16 Å². The van der Waals surface area contributed by atoms with Gasteiger partial charge in [-0.05, 0) is 32.0 Å². The molecule has 0 amide bonds. The van der Waals surface area contributed by atoms with Crippen molar-refractivity contribution in [2.75, 3.05) is 7.11 Å². The van der Waals surface area contributed by atoms with E-state index in [1.165, 1.54) is 7.11 Å². The SMILES string of the molecule is COc1cc(C(C)=NO)ccc1OC(C)C#N. The standard InChI is InChI=1S/C12H14N2O3/c1-8(7-13)17-11-5-4-10(9(2)14-15)6-12(11)16-3/h4-6,8,15H,1-3H3. The van der Waals surface area contributed by atoms with Gasteiger partial charge in [0.15, 0.2) is 17.6 Å². The second-order valence-electron chi connectivity index (χ2n) is 3.44. The number of nitrogens with zero attached hydrogens (tertiary/aromatic N) is 2. The summed E-state index contributed by atoms with van der Waals surface area (Å²) in [5, 5.41) is 20.5. The number of hydrogen-bond acceptors (Lipinski definition) is 5. The zero-order valence-electron chi connectivity index (χ0n) is 9.97. The highest BCUT2D eigenvalue weighted by Crippen LogP contribution is 2.29. The van der Waals surface area contributed by atoms with Gasteiger partial charge in [0.05, 0.1) is 12.8 Å². The monoisotopic (exact) mass is 234 g/mol. The molecule has 1 aromatic rings. The largest absolute Gasteiger partial charge is 0.493 e. The molecular weight excluding hydrogens is 220 g/mol. The number of methoxy groups -OCH3 is 1. The van der Waals surface area contributed by atoms with Crippen molar-refractivity contribution in [3.8, 4) is 17.6 Å². The summed E-state index contributed by atoms with van der Waals surface area (Å²) < 4.78 is 10.5. The van der Waals surface area contributed by atoms with Crippen molar-refractivity contribution in [1.82, 2.24) is 0 Å². The van der Waals surface area contributed by atoms with Gasteiger partial charge in [0, 0.05) is 5.56 Å². The maximum absolute atomic E-state index is 8.68. The molecule has 1 unspecified atom stereocenters. The molecule has 90 valence electrons. The number of benzene rings is 1. The number of nitriles is 1. The Hall–Kier alpha value is -2.22. The van der Waals surface area contributed by atoms with E-state index < -0.39 is 6.10 Å². The molecule has 0 aliphatic heterocycles. The van der Waals surface area contributed by atoms with Crippen LogP contribution in [-0.2, 0) is 0 Å². The molecular formula is C12H14N2O3. The molecule has 0 saturated heterocycles. The zero-order chi connectivity index (χ0) is 12.8. The minimum atomic E-state index is -0.553. The maximum atomic E-state index is 8.68. The Bertz CT molecular complexity index is 463. The predicted molar refractivity (Wildman–Crippen MR) is 62.7 cm³/mol. The average Bonchev–Trinajstić information content (AvgIpc) is 2.37. The van der Waals surface area contributed by atoms with Gasteiger partial charge in [-0.3, -0.25) is 0 Å². The second kappa shape index (κ2) is 5.75. The molecule has 0 spiro atoms. The lowest BCUT2D eigenvalue weighted by atomic mass is 10.1. The molecule has 0 aliphatic rings. The summed E-state index contributed by atoms with van der Waals surface area (Å²) in [5.41, 5.74) is 1.20. The molecule has 1 rings (SSSR count). The molecule has 5 heteroatoms. The minimum Gasteiger partial charge on any atom is -0.493 e. The van der Waals surface area contributed by atoms with Crippen molar-refractivity contribution in [2.45, 2.75) is 20.0 Å². The van der Waals surface area contributed by atoms with Crippen LogP contribution in [0.5, 0.6) is 11.5 Å². The Labute approximate surface area is 99.9 Å². The van der Waals surface area contributed by atoms with Crippen LogP contribution in [0.3, 0.4) is 0 Å². The summed E-state index contributed by atoms with van der Waals surface area (Å²) in [4.78, 5) is 0. The molecule has 0 fully saturated rings. The topological polar surface area (TPSA) is 74.8 Å². The average molecular weight is 234 g/mol. The molecule has 0 radical (unpaired) electrons. The van der Waals surface area contributed by atoms with Gasteiger partial charge in [-0.1, -0.05) is 5.16 Å². The maximum Gasteiger partial charge on any atom is 0.181 e. The first-order valence-electron chi connectivity index (χ1n) is 5.05. The van der Waals surface area contributed by atoms with Crippen LogP contribution in [0, 0.1) is 11.3 Å². The van der Waals surface area contributed by atoms with Crippen LogP contribution in [0.4, 0.5) is 0 Å². The van der Waals surface area contributed by atoms with Crippen LogP contribution in [-0.4, -0.2) is 24.1 Å². The van der Waals surface area contributed by atoms with E-state index in [-0.39, 0.29) is 0 Å². The number of rotatable bonds is 4. The lowest BCUT2D eigenvalue weighted by Gasteiger charge is -2.12. The van der Waals surface area contributed by atoms with Crippen LogP contribution >= 0.6 is 0 Å². The lowest BCUT2D eigenvalue weighted by molar-refractivity contribution is 0.260. The summed E-state index contributed by atoms with van der Waals surface area (Å²) >= 11 is 0. The summed E-state index contributed by atoms with van der Waals surface area (Å²) in [5.74, 6) is 0.976. The Morgan fingerprint density at radius 2 is 2.18 bits per heavy atom. The summed E-state index contributed by atoms with van der Waals surface area (Å²) in [7, 11) is 1.51. The molecule has 1 N–H and O–H groups in total. The van der Waals surface area contributed by atoms with E-state index in [2.05, 4.69) is 5.16 Å². The first-order chi connectivity index (χ1) is 8.12. The Balaban J connectivity index is 3.06. The molecule has 5 nitrogen and oxygen atoms in total. The van der Waals surface area contributed by atoms with Crippen molar-refractivity contribution in [1.29, 1.82) is 5.26 Å². The van der Waals surface area contributed by atoms with Crippen molar-refractivity contribution in [3.05, 3.63) is 23.8 Å². The Morgan fingerprint density at radius 1 is 1.47 bits per heavy atom. The van der Waals surface area contributed by atoms with Crippen LogP contribution in [0.1, 0.15) is 19.4 Å². The van der Waals surface area contributed by atoms with Crippen molar-refractivity contribution < 1.29 is 14.7 Å². The third-order valence-electron chi connectivity index (χ3n) is 2.22. The Kier molecular flexibility index (Phi) is 4.35. The third-order valence-corrected chi connectivity index (χ3v) is 2.22. The van der Waals surface area contributed by atoms with Crippen molar-refractivity contribution in [3.63, 3.8) is 0 Å². The van der Waals surface area contributed by atoms with E-state index in [9.17, 15) is 0 Å². The molecule has 0 aromatic heterocycles. The van der Waals surface area contributed by atoms with Gasteiger partial charge in [-0.15, -0.1) is 0 Å². The van der Waals surface area contributed by atoms with Gasteiger partial charge >= 0.3 is 0 Å². The number of oxime groups is 1. The van der Waals surface area contributed by atoms with Gasteiger partial charge in [0.2, 0.25) is 0 Å². The molecule has 1 aromatic carbocycles. The summed E-state index contributed by atoms with van der Waals surface area (Å²) in [6, 6.07) is 7.07. The second-order valence-corrected chi connectivity index (χ2v) is 3.44. The summed E-state index contributed by atoms with van der Waals surface area (Å²) in [6.45, 7) is 3.32. The van der Waals surface area contributed by atoms with E-state index in [1.54, 1.807) is 32.0 Å². The fourth-order valence-corrected chi connectivity index (χ4v) is 1.26. The van der Waals surface area contributed by atoms with E-state index in [4.69, 9.17) is 19.9 Å². The molecule has 0 saturated carbocycles. The zero-order valence-corrected chi connectivity index (χ0v) is 9.97. The van der Waals surface area contributed by atoms with Crippen molar-refractivity contribution >= 4 is 5.71 Å². The molecule has 1 atom stereocenters. The highest BCUT2D eigenvalue weighted by molar-refractivity contribution is 5.98. The fourth-order valence-electron chi connectivity index (χ4n) is 1.26. The van der Waals surface area contributed by atoms with Gasteiger partial charge in [0.1, 0.15) is 6.07 Å². The summed E-state index contributed by atoms with van der Waals surface area (Å²) in [6.07, 6.45) is -0.553. The smallest absolute Gasteiger partial charge is 0.181 e. The lowest BCUT2D eigenvalue weighted by Crippen LogP contribution is -2.09. The highest BCUT2D eigenvalue weighted by atomic mass is 16.5. The molecule has 0 aliphatic carbocycles. The van der Waals surface area contributed by atoms with Crippen LogP contribution in [0.25, 0.3) is 0 Å². The normalized spacial score (nSPS) is 12.7. The predicted octanol–water partition coefficient (Wildman–Crippen LogP) is 2.18. The molecule has 0 bridgehead atoms. The van der Waals surface area contributed by atoms with E-state index in [0.29, 0.717) is 17.2 Å². The molecule has 17 heavy (non-hydrogen) atoms. The molecule has 0 heterocycles. The van der Waals surface area contributed by atoms with E-state index >= 15 is 0 Å². The van der Waals surface area contributed by atoms with E-state index in [1.807, 2.05) is 6.07 Å². The van der Waals surface area contributed by atoms with Gasteiger partial charge < -0.3 is 14.7 Å².